The predicted octanol–water partition coefficient (Wildman–Crippen LogP) is 3.39. The van der Waals surface area contributed by atoms with Crippen molar-refractivity contribution in [2.45, 2.75) is 30.8 Å². The fraction of sp³-hybridized carbons (Fsp3) is 0.391. The lowest BCUT2D eigenvalue weighted by Crippen LogP contribution is -2.29. The molecule has 7 heteroatoms. The van der Waals surface area contributed by atoms with Crippen LogP contribution in [-0.2, 0) is 11.2 Å². The molecule has 0 atom stereocenters. The molecule has 0 saturated heterocycles. The number of carbonyl (C=O) groups is 2. The first-order valence-corrected chi connectivity index (χ1v) is 10.9. The van der Waals surface area contributed by atoms with Gasteiger partial charge in [0.15, 0.2) is 11.5 Å². The molecule has 0 radical (unpaired) electrons. The van der Waals surface area contributed by atoms with Gasteiger partial charge in [-0.1, -0.05) is 24.3 Å². The number of nitrogens with zero attached hydrogens (tertiary/aromatic N) is 1. The number of benzene rings is 2. The summed E-state index contributed by atoms with van der Waals surface area (Å²) >= 11 is 1.36. The van der Waals surface area contributed by atoms with Crippen molar-refractivity contribution in [3.8, 4) is 11.5 Å². The highest BCUT2D eigenvalue weighted by molar-refractivity contribution is 8.00. The molecule has 0 aliphatic carbocycles. The summed E-state index contributed by atoms with van der Waals surface area (Å²) in [5.41, 5.74) is 1.46. The molecule has 160 valence electrons. The van der Waals surface area contributed by atoms with Crippen molar-refractivity contribution in [3.63, 3.8) is 0 Å². The van der Waals surface area contributed by atoms with Crippen LogP contribution in [0, 0.1) is 0 Å². The summed E-state index contributed by atoms with van der Waals surface area (Å²) in [6, 6.07) is 13.2. The number of hydrogen-bond acceptors (Lipinski definition) is 5. The molecule has 0 unspecified atom stereocenters. The highest BCUT2D eigenvalue weighted by Gasteiger charge is 2.32. The minimum atomic E-state index is -0.231. The van der Waals surface area contributed by atoms with Gasteiger partial charge >= 0.3 is 0 Å². The monoisotopic (exact) mass is 428 g/mol. The van der Waals surface area contributed by atoms with Gasteiger partial charge < -0.3 is 19.7 Å². The summed E-state index contributed by atoms with van der Waals surface area (Å²) < 4.78 is 11.9. The topological polar surface area (TPSA) is 67.9 Å². The number of nitrogens with one attached hydrogen (secondary N) is 1. The largest absolute Gasteiger partial charge is 0.488 e. The van der Waals surface area contributed by atoms with Gasteiger partial charge in [-0.25, -0.2) is 0 Å². The highest BCUT2D eigenvalue weighted by Crippen LogP contribution is 2.41. The summed E-state index contributed by atoms with van der Waals surface area (Å²) in [6.07, 6.45) is 0.848. The molecule has 30 heavy (non-hydrogen) atoms. The van der Waals surface area contributed by atoms with Crippen LogP contribution in [0.15, 0.2) is 47.4 Å². The van der Waals surface area contributed by atoms with Crippen molar-refractivity contribution in [2.75, 3.05) is 33.0 Å². The summed E-state index contributed by atoms with van der Waals surface area (Å²) in [5, 5.41) is 2.89. The second-order valence-corrected chi connectivity index (χ2v) is 8.98. The maximum Gasteiger partial charge on any atom is 0.252 e. The Hall–Kier alpha value is -2.67. The molecule has 6 nitrogen and oxygen atoms in total. The molecule has 0 bridgehead atoms. The van der Waals surface area contributed by atoms with Crippen molar-refractivity contribution in [1.82, 2.24) is 10.2 Å². The second-order valence-electron chi connectivity index (χ2n) is 7.96. The van der Waals surface area contributed by atoms with Gasteiger partial charge in [-0.15, -0.1) is 11.8 Å². The Morgan fingerprint density at radius 1 is 1.17 bits per heavy atom. The average Bonchev–Trinajstić information content (AvgIpc) is 3.03. The van der Waals surface area contributed by atoms with E-state index in [1.165, 1.54) is 16.7 Å². The number of para-hydroxylation sites is 1. The van der Waals surface area contributed by atoms with Gasteiger partial charge in [0.25, 0.3) is 5.91 Å². The molecule has 0 fully saturated rings. The number of carbonyl (C=O) groups excluding carboxylic acids is 2. The van der Waals surface area contributed by atoms with Crippen molar-refractivity contribution in [2.24, 2.45) is 0 Å². The minimum absolute atomic E-state index is 0.00407. The van der Waals surface area contributed by atoms with E-state index in [0.717, 1.165) is 22.6 Å². The van der Waals surface area contributed by atoms with E-state index in [2.05, 4.69) is 19.2 Å². The molecule has 2 aromatic carbocycles. The number of amides is 2. The normalized spacial score (nSPS) is 13.9. The second kappa shape index (κ2) is 9.43. The summed E-state index contributed by atoms with van der Waals surface area (Å²) in [6.45, 7) is 4.80. The molecule has 0 saturated carbocycles. The molecule has 1 aliphatic rings. The van der Waals surface area contributed by atoms with Crippen molar-refractivity contribution in [3.05, 3.63) is 53.6 Å². The van der Waals surface area contributed by atoms with Gasteiger partial charge in [-0.05, 0) is 32.0 Å². The third kappa shape index (κ3) is 5.48. The summed E-state index contributed by atoms with van der Waals surface area (Å²) in [4.78, 5) is 26.8. The fourth-order valence-electron chi connectivity index (χ4n) is 3.17. The molecule has 3 rings (SSSR count). The van der Waals surface area contributed by atoms with E-state index in [9.17, 15) is 9.59 Å². The van der Waals surface area contributed by atoms with Gasteiger partial charge in [-0.3, -0.25) is 9.59 Å². The minimum Gasteiger partial charge on any atom is -0.488 e. The molecule has 1 N–H and O–H groups in total. The SMILES string of the molecule is CN(C)C(=O)CSc1ccccc1C(=O)NCCOc1cccc2c1OC(C)(C)C2. The van der Waals surface area contributed by atoms with E-state index in [-0.39, 0.29) is 23.2 Å². The maximum absolute atomic E-state index is 12.6. The Bertz CT molecular complexity index is 927. The molecule has 0 spiro atoms. The van der Waals surface area contributed by atoms with Gasteiger partial charge in [0, 0.05) is 31.0 Å². The van der Waals surface area contributed by atoms with Gasteiger partial charge in [0.05, 0.1) is 17.9 Å². The van der Waals surface area contributed by atoms with Crippen LogP contribution in [0.5, 0.6) is 11.5 Å². The van der Waals surface area contributed by atoms with Crippen LogP contribution in [0.25, 0.3) is 0 Å². The van der Waals surface area contributed by atoms with Crippen LogP contribution in [0.3, 0.4) is 0 Å². The Kier molecular flexibility index (Phi) is 6.92. The van der Waals surface area contributed by atoms with E-state index in [1.54, 1.807) is 20.2 Å². The molecule has 1 heterocycles. The number of thioether (sulfide) groups is 1. The Labute approximate surface area is 181 Å². The van der Waals surface area contributed by atoms with E-state index < -0.39 is 0 Å². The quantitative estimate of drug-likeness (QED) is 0.516. The van der Waals surface area contributed by atoms with E-state index in [1.807, 2.05) is 36.4 Å². The highest BCUT2D eigenvalue weighted by atomic mass is 32.2. The number of fused-ring (bicyclic) bond motifs is 1. The van der Waals surface area contributed by atoms with Gasteiger partial charge in [0.1, 0.15) is 12.2 Å². The van der Waals surface area contributed by atoms with Crippen molar-refractivity contribution < 1.29 is 19.1 Å². The van der Waals surface area contributed by atoms with E-state index >= 15 is 0 Å². The van der Waals surface area contributed by atoms with Crippen LogP contribution in [-0.4, -0.2) is 55.3 Å². The zero-order valence-electron chi connectivity index (χ0n) is 17.9. The number of ether oxygens (including phenoxy) is 2. The Morgan fingerprint density at radius 3 is 2.70 bits per heavy atom. The number of rotatable bonds is 8. The molecular formula is C23H28N2O4S. The fourth-order valence-corrected chi connectivity index (χ4v) is 4.20. The maximum atomic E-state index is 12.6. The first-order chi connectivity index (χ1) is 14.3. The van der Waals surface area contributed by atoms with Crippen LogP contribution in [0.2, 0.25) is 0 Å². The smallest absolute Gasteiger partial charge is 0.252 e. The van der Waals surface area contributed by atoms with E-state index in [4.69, 9.17) is 9.47 Å². The van der Waals surface area contributed by atoms with Crippen LogP contribution in [0.1, 0.15) is 29.8 Å². The first kappa shape index (κ1) is 22.0. The zero-order valence-corrected chi connectivity index (χ0v) is 18.7. The third-order valence-corrected chi connectivity index (χ3v) is 5.74. The van der Waals surface area contributed by atoms with Crippen molar-refractivity contribution in [1.29, 1.82) is 0 Å². The standard InChI is InChI=1S/C23H28N2O4S/c1-23(2)14-16-8-7-10-18(21(16)29-23)28-13-12-24-22(27)17-9-5-6-11-19(17)30-15-20(26)25(3)4/h5-11H,12-15H2,1-4H3,(H,24,27). The first-order valence-electron chi connectivity index (χ1n) is 9.91. The predicted molar refractivity (Wildman–Crippen MR) is 119 cm³/mol. The zero-order chi connectivity index (χ0) is 21.7. The lowest BCUT2D eigenvalue weighted by molar-refractivity contribution is -0.125. The molecule has 0 aromatic heterocycles. The lowest BCUT2D eigenvalue weighted by atomic mass is 10.0. The number of hydrogen-bond donors (Lipinski definition) is 1. The average molecular weight is 429 g/mol. The Morgan fingerprint density at radius 2 is 1.93 bits per heavy atom. The van der Waals surface area contributed by atoms with Crippen LogP contribution >= 0.6 is 11.8 Å². The Balaban J connectivity index is 1.53. The lowest BCUT2D eigenvalue weighted by Gasteiger charge is -2.18. The van der Waals surface area contributed by atoms with Crippen molar-refractivity contribution >= 4 is 23.6 Å². The molecular weight excluding hydrogens is 400 g/mol. The van der Waals surface area contributed by atoms with Gasteiger partial charge in [-0.2, -0.15) is 0 Å². The van der Waals surface area contributed by atoms with E-state index in [0.29, 0.717) is 24.5 Å². The summed E-state index contributed by atoms with van der Waals surface area (Å²) in [7, 11) is 3.44. The van der Waals surface area contributed by atoms with Crippen LogP contribution < -0.4 is 14.8 Å². The van der Waals surface area contributed by atoms with Gasteiger partial charge in [0.2, 0.25) is 5.91 Å². The van der Waals surface area contributed by atoms with Crippen LogP contribution in [0.4, 0.5) is 0 Å². The summed E-state index contributed by atoms with van der Waals surface area (Å²) in [5.74, 6) is 1.60. The molecule has 1 aliphatic heterocycles. The molecule has 2 aromatic rings. The third-order valence-electron chi connectivity index (χ3n) is 4.68. The molecule has 2 amide bonds.